The van der Waals surface area contributed by atoms with Gasteiger partial charge in [0.05, 0.1) is 12.6 Å². The van der Waals surface area contributed by atoms with Crippen LogP contribution in [0.3, 0.4) is 0 Å². The molecule has 0 radical (unpaired) electrons. The zero-order valence-electron chi connectivity index (χ0n) is 14.4. The fourth-order valence-corrected chi connectivity index (χ4v) is 2.86. The summed E-state index contributed by atoms with van der Waals surface area (Å²) >= 11 is 0. The molecule has 128 valence electrons. The molecule has 3 heteroatoms. The van der Waals surface area contributed by atoms with Gasteiger partial charge in [0.1, 0.15) is 0 Å². The number of benzene rings is 3. The van der Waals surface area contributed by atoms with Crippen molar-refractivity contribution in [1.82, 2.24) is 5.32 Å². The highest BCUT2D eigenvalue weighted by atomic mass is 16.5. The number of alkyl carbamates (subject to hydrolysis) is 1. The van der Waals surface area contributed by atoms with Crippen LogP contribution in [0.2, 0.25) is 0 Å². The summed E-state index contributed by atoms with van der Waals surface area (Å²) in [5.74, 6) is 0. The van der Waals surface area contributed by atoms with Crippen molar-refractivity contribution in [3.05, 3.63) is 83.9 Å². The van der Waals surface area contributed by atoms with Crippen LogP contribution in [-0.4, -0.2) is 12.7 Å². The molecule has 3 aromatic rings. The van der Waals surface area contributed by atoms with Gasteiger partial charge in [-0.15, -0.1) is 0 Å². The highest BCUT2D eigenvalue weighted by molar-refractivity contribution is 5.83. The molecule has 1 unspecified atom stereocenters. The molecule has 0 bridgehead atoms. The van der Waals surface area contributed by atoms with Gasteiger partial charge in [0.25, 0.3) is 0 Å². The highest BCUT2D eigenvalue weighted by Crippen LogP contribution is 2.25. The predicted molar refractivity (Wildman–Crippen MR) is 102 cm³/mol. The number of hydrogen-bond donors (Lipinski definition) is 1. The van der Waals surface area contributed by atoms with E-state index in [4.69, 9.17) is 4.74 Å². The molecule has 0 aliphatic carbocycles. The summed E-state index contributed by atoms with van der Waals surface area (Å²) in [5.41, 5.74) is 2.07. The Bertz CT molecular complexity index is 830. The average molecular weight is 333 g/mol. The lowest BCUT2D eigenvalue weighted by molar-refractivity contribution is 0.142. The second kappa shape index (κ2) is 8.34. The van der Waals surface area contributed by atoms with Gasteiger partial charge in [0.15, 0.2) is 0 Å². The minimum absolute atomic E-state index is 0.236. The third kappa shape index (κ3) is 4.38. The minimum atomic E-state index is -0.379. The first kappa shape index (κ1) is 17.0. The van der Waals surface area contributed by atoms with Gasteiger partial charge in [0, 0.05) is 0 Å². The van der Waals surface area contributed by atoms with E-state index in [1.54, 1.807) is 0 Å². The lowest BCUT2D eigenvalue weighted by Crippen LogP contribution is -2.30. The molecule has 0 saturated carbocycles. The molecule has 0 aliphatic rings. The van der Waals surface area contributed by atoms with Crippen LogP contribution in [0.15, 0.2) is 72.8 Å². The van der Waals surface area contributed by atoms with Gasteiger partial charge in [0.2, 0.25) is 0 Å². The Hall–Kier alpha value is -2.81. The van der Waals surface area contributed by atoms with E-state index >= 15 is 0 Å². The van der Waals surface area contributed by atoms with E-state index in [-0.39, 0.29) is 12.1 Å². The summed E-state index contributed by atoms with van der Waals surface area (Å²) in [7, 11) is 0. The van der Waals surface area contributed by atoms with E-state index in [0.29, 0.717) is 6.61 Å². The Morgan fingerprint density at radius 3 is 2.40 bits per heavy atom. The van der Waals surface area contributed by atoms with Crippen LogP contribution in [-0.2, 0) is 4.74 Å². The molecule has 0 aromatic heterocycles. The molecule has 0 heterocycles. The maximum absolute atomic E-state index is 12.2. The third-order valence-corrected chi connectivity index (χ3v) is 4.23. The smallest absolute Gasteiger partial charge is 0.407 e. The van der Waals surface area contributed by atoms with Crippen molar-refractivity contribution in [3.63, 3.8) is 0 Å². The van der Waals surface area contributed by atoms with Crippen molar-refractivity contribution < 1.29 is 9.53 Å². The van der Waals surface area contributed by atoms with Crippen molar-refractivity contribution in [2.45, 2.75) is 25.8 Å². The monoisotopic (exact) mass is 333 g/mol. The molecule has 1 N–H and O–H groups in total. The maximum Gasteiger partial charge on any atom is 0.407 e. The van der Waals surface area contributed by atoms with Gasteiger partial charge < -0.3 is 10.1 Å². The quantitative estimate of drug-likeness (QED) is 0.609. The summed E-state index contributed by atoms with van der Waals surface area (Å²) < 4.78 is 5.29. The Kier molecular flexibility index (Phi) is 5.68. The number of ether oxygens (including phenoxy) is 1. The molecular formula is C22H23NO2. The van der Waals surface area contributed by atoms with Crippen LogP contribution in [0, 0.1) is 0 Å². The molecule has 0 aliphatic heterocycles. The second-order valence-electron chi connectivity index (χ2n) is 6.08. The molecule has 0 saturated heterocycles. The second-order valence-corrected chi connectivity index (χ2v) is 6.08. The van der Waals surface area contributed by atoms with Crippen molar-refractivity contribution in [2.75, 3.05) is 6.61 Å². The molecule has 25 heavy (non-hydrogen) atoms. The van der Waals surface area contributed by atoms with Gasteiger partial charge in [-0.05, 0) is 34.4 Å². The summed E-state index contributed by atoms with van der Waals surface area (Å²) in [5, 5.41) is 5.35. The van der Waals surface area contributed by atoms with Crippen LogP contribution in [0.5, 0.6) is 0 Å². The lowest BCUT2D eigenvalue weighted by atomic mass is 9.96. The SMILES string of the molecule is CCCCOC(=O)NC(c1ccccc1)c1ccc2ccccc2c1. The number of nitrogens with one attached hydrogen (secondary N) is 1. The first-order valence-electron chi connectivity index (χ1n) is 8.75. The summed E-state index contributed by atoms with van der Waals surface area (Å²) in [6.45, 7) is 2.52. The number of carbonyl (C=O) groups is 1. The zero-order valence-corrected chi connectivity index (χ0v) is 14.4. The van der Waals surface area contributed by atoms with E-state index in [2.05, 4.69) is 42.6 Å². The Balaban J connectivity index is 1.88. The lowest BCUT2D eigenvalue weighted by Gasteiger charge is -2.20. The van der Waals surface area contributed by atoms with Crippen LogP contribution in [0.1, 0.15) is 36.9 Å². The Morgan fingerprint density at radius 1 is 0.920 bits per heavy atom. The Labute approximate surface area is 148 Å². The fraction of sp³-hybridized carbons (Fsp3) is 0.227. The van der Waals surface area contributed by atoms with Gasteiger partial charge in [-0.25, -0.2) is 4.79 Å². The molecule has 0 spiro atoms. The summed E-state index contributed by atoms with van der Waals surface area (Å²) in [4.78, 5) is 12.2. The van der Waals surface area contributed by atoms with Gasteiger partial charge in [-0.2, -0.15) is 0 Å². The number of rotatable bonds is 6. The number of unbranched alkanes of at least 4 members (excludes halogenated alkanes) is 1. The molecule has 1 amide bonds. The highest BCUT2D eigenvalue weighted by Gasteiger charge is 2.17. The van der Waals surface area contributed by atoms with E-state index in [1.165, 1.54) is 5.39 Å². The van der Waals surface area contributed by atoms with E-state index < -0.39 is 0 Å². The number of carbonyl (C=O) groups excluding carboxylic acids is 1. The number of amides is 1. The van der Waals surface area contributed by atoms with Crippen LogP contribution in [0.25, 0.3) is 10.8 Å². The largest absolute Gasteiger partial charge is 0.450 e. The van der Waals surface area contributed by atoms with Gasteiger partial charge in [-0.3, -0.25) is 0 Å². The average Bonchev–Trinajstić information content (AvgIpc) is 2.66. The molecule has 3 nitrogen and oxygen atoms in total. The van der Waals surface area contributed by atoms with E-state index in [0.717, 1.165) is 29.4 Å². The first-order valence-corrected chi connectivity index (χ1v) is 8.75. The van der Waals surface area contributed by atoms with Crippen molar-refractivity contribution in [3.8, 4) is 0 Å². The predicted octanol–water partition coefficient (Wildman–Crippen LogP) is 5.46. The molecule has 3 rings (SSSR count). The molecular weight excluding hydrogens is 310 g/mol. The van der Waals surface area contributed by atoms with Crippen molar-refractivity contribution in [2.24, 2.45) is 0 Å². The first-order chi connectivity index (χ1) is 12.3. The Morgan fingerprint density at radius 2 is 1.64 bits per heavy atom. The van der Waals surface area contributed by atoms with E-state index in [9.17, 15) is 4.79 Å². The van der Waals surface area contributed by atoms with E-state index in [1.807, 2.05) is 42.5 Å². The topological polar surface area (TPSA) is 38.3 Å². The van der Waals surface area contributed by atoms with Crippen LogP contribution in [0.4, 0.5) is 4.79 Å². The van der Waals surface area contributed by atoms with Crippen LogP contribution >= 0.6 is 0 Å². The van der Waals surface area contributed by atoms with Gasteiger partial charge in [-0.1, -0.05) is 80.1 Å². The summed E-state index contributed by atoms with van der Waals surface area (Å²) in [6, 6.07) is 24.2. The maximum atomic E-state index is 12.2. The summed E-state index contributed by atoms with van der Waals surface area (Å²) in [6.07, 6.45) is 1.50. The molecule has 1 atom stereocenters. The van der Waals surface area contributed by atoms with Crippen molar-refractivity contribution >= 4 is 16.9 Å². The number of fused-ring (bicyclic) bond motifs is 1. The van der Waals surface area contributed by atoms with Crippen LogP contribution < -0.4 is 5.32 Å². The zero-order chi connectivity index (χ0) is 17.5. The van der Waals surface area contributed by atoms with Gasteiger partial charge >= 0.3 is 6.09 Å². The standard InChI is InChI=1S/C22H23NO2/c1-2-3-15-25-22(24)23-21(18-10-5-4-6-11-18)20-14-13-17-9-7-8-12-19(17)16-20/h4-14,16,21H,2-3,15H2,1H3,(H,23,24). The minimum Gasteiger partial charge on any atom is -0.450 e. The molecule has 3 aromatic carbocycles. The third-order valence-electron chi connectivity index (χ3n) is 4.23. The normalized spacial score (nSPS) is 11.9. The van der Waals surface area contributed by atoms with Crippen molar-refractivity contribution in [1.29, 1.82) is 0 Å². The number of hydrogen-bond acceptors (Lipinski definition) is 2. The molecule has 0 fully saturated rings. The fourth-order valence-electron chi connectivity index (χ4n) is 2.86.